The zero-order valence-corrected chi connectivity index (χ0v) is 14.5. The molecule has 132 valence electrons. The number of carbonyl (C=O) groups is 2. The molecule has 1 fully saturated rings. The molecule has 0 saturated carbocycles. The molecule has 0 spiro atoms. The van der Waals surface area contributed by atoms with E-state index in [0.717, 1.165) is 11.3 Å². The quantitative estimate of drug-likeness (QED) is 0.838. The summed E-state index contributed by atoms with van der Waals surface area (Å²) in [6.07, 6.45) is 0.480. The first-order chi connectivity index (χ1) is 11.3. The highest BCUT2D eigenvalue weighted by atomic mass is 16.5. The van der Waals surface area contributed by atoms with E-state index in [1.807, 2.05) is 24.3 Å². The average molecular weight is 334 g/mol. The molecule has 6 heteroatoms. The maximum Gasteiger partial charge on any atom is 0.317 e. The van der Waals surface area contributed by atoms with Crippen LogP contribution in [0.5, 0.6) is 5.75 Å². The molecule has 0 aromatic heterocycles. The van der Waals surface area contributed by atoms with Gasteiger partial charge in [-0.15, -0.1) is 0 Å². The van der Waals surface area contributed by atoms with Gasteiger partial charge in [0.25, 0.3) is 0 Å². The standard InChI is InChI=1S/C18H26N2O4/c1-13(2)11-24-15-6-4-5-14(9-15)10-19-17(23)20-8-7-18(3,12-20)16(21)22/h4-6,9,13H,7-8,10-12H2,1-3H3,(H,19,23)(H,21,22). The molecule has 24 heavy (non-hydrogen) atoms. The van der Waals surface area contributed by atoms with Gasteiger partial charge in [-0.1, -0.05) is 26.0 Å². The van der Waals surface area contributed by atoms with Gasteiger partial charge < -0.3 is 20.1 Å². The van der Waals surface area contributed by atoms with Gasteiger partial charge in [-0.2, -0.15) is 0 Å². The van der Waals surface area contributed by atoms with Crippen LogP contribution in [0.15, 0.2) is 24.3 Å². The minimum absolute atomic E-state index is 0.228. The Morgan fingerprint density at radius 2 is 2.17 bits per heavy atom. The second-order valence-corrected chi connectivity index (χ2v) is 7.05. The van der Waals surface area contributed by atoms with Crippen molar-refractivity contribution in [2.75, 3.05) is 19.7 Å². The summed E-state index contributed by atoms with van der Waals surface area (Å²) >= 11 is 0. The monoisotopic (exact) mass is 334 g/mol. The largest absolute Gasteiger partial charge is 0.493 e. The van der Waals surface area contributed by atoms with E-state index in [1.165, 1.54) is 0 Å². The van der Waals surface area contributed by atoms with Crippen molar-refractivity contribution in [3.8, 4) is 5.75 Å². The van der Waals surface area contributed by atoms with Crippen molar-refractivity contribution in [2.45, 2.75) is 33.7 Å². The first kappa shape index (κ1) is 18.1. The van der Waals surface area contributed by atoms with E-state index in [9.17, 15) is 14.7 Å². The van der Waals surface area contributed by atoms with E-state index in [-0.39, 0.29) is 12.6 Å². The van der Waals surface area contributed by atoms with Crippen molar-refractivity contribution in [2.24, 2.45) is 11.3 Å². The molecule has 6 nitrogen and oxygen atoms in total. The summed E-state index contributed by atoms with van der Waals surface area (Å²) in [5.74, 6) is 0.384. The zero-order valence-electron chi connectivity index (χ0n) is 14.5. The predicted molar refractivity (Wildman–Crippen MR) is 90.9 cm³/mol. The molecule has 1 aromatic rings. The predicted octanol–water partition coefficient (Wildman–Crippen LogP) is 2.73. The Hall–Kier alpha value is -2.24. The van der Waals surface area contributed by atoms with Gasteiger partial charge in [0, 0.05) is 19.6 Å². The molecular weight excluding hydrogens is 308 g/mol. The minimum Gasteiger partial charge on any atom is -0.493 e. The van der Waals surface area contributed by atoms with Crippen molar-refractivity contribution in [3.05, 3.63) is 29.8 Å². The SMILES string of the molecule is CC(C)COc1cccc(CNC(=O)N2CCC(C)(C(=O)O)C2)c1. The lowest BCUT2D eigenvalue weighted by molar-refractivity contribution is -0.147. The molecule has 0 radical (unpaired) electrons. The molecule has 0 aliphatic carbocycles. The number of carboxylic acids is 1. The molecule has 1 aromatic carbocycles. The lowest BCUT2D eigenvalue weighted by Crippen LogP contribution is -2.40. The minimum atomic E-state index is -0.854. The van der Waals surface area contributed by atoms with E-state index in [2.05, 4.69) is 19.2 Å². The van der Waals surface area contributed by atoms with Gasteiger partial charge >= 0.3 is 12.0 Å². The maximum absolute atomic E-state index is 12.2. The number of hydrogen-bond donors (Lipinski definition) is 2. The summed E-state index contributed by atoms with van der Waals surface area (Å²) in [6, 6.07) is 7.40. The lowest BCUT2D eigenvalue weighted by atomic mass is 9.90. The molecule has 1 aliphatic rings. The Morgan fingerprint density at radius 3 is 2.79 bits per heavy atom. The number of nitrogens with one attached hydrogen (secondary N) is 1. The van der Waals surface area contributed by atoms with E-state index in [1.54, 1.807) is 11.8 Å². The maximum atomic E-state index is 12.2. The van der Waals surface area contributed by atoms with Crippen LogP contribution in [-0.4, -0.2) is 41.7 Å². The van der Waals surface area contributed by atoms with E-state index < -0.39 is 11.4 Å². The van der Waals surface area contributed by atoms with Crippen LogP contribution in [0.1, 0.15) is 32.8 Å². The lowest BCUT2D eigenvalue weighted by Gasteiger charge is -2.20. The van der Waals surface area contributed by atoms with Gasteiger partial charge in [-0.3, -0.25) is 4.79 Å². The van der Waals surface area contributed by atoms with Crippen molar-refractivity contribution < 1.29 is 19.4 Å². The third-order valence-corrected chi connectivity index (χ3v) is 4.20. The fourth-order valence-electron chi connectivity index (χ4n) is 2.61. The third-order valence-electron chi connectivity index (χ3n) is 4.20. The molecular formula is C18H26N2O4. The Morgan fingerprint density at radius 1 is 1.42 bits per heavy atom. The van der Waals surface area contributed by atoms with Crippen LogP contribution in [0.25, 0.3) is 0 Å². The van der Waals surface area contributed by atoms with E-state index in [4.69, 9.17) is 4.74 Å². The van der Waals surface area contributed by atoms with Crippen LogP contribution in [0.2, 0.25) is 0 Å². The number of nitrogens with zero attached hydrogens (tertiary/aromatic N) is 1. The van der Waals surface area contributed by atoms with Crippen molar-refractivity contribution in [1.29, 1.82) is 0 Å². The highest BCUT2D eigenvalue weighted by Gasteiger charge is 2.42. The molecule has 1 atom stereocenters. The normalized spacial score (nSPS) is 20.2. The summed E-state index contributed by atoms with van der Waals surface area (Å²) in [7, 11) is 0. The number of amides is 2. The second kappa shape index (κ2) is 7.55. The number of likely N-dealkylation sites (tertiary alicyclic amines) is 1. The Labute approximate surface area is 142 Å². The molecule has 1 heterocycles. The first-order valence-corrected chi connectivity index (χ1v) is 8.28. The van der Waals surface area contributed by atoms with Gasteiger partial charge in [-0.25, -0.2) is 4.79 Å². The summed E-state index contributed by atoms with van der Waals surface area (Å²) in [5.41, 5.74) is 0.104. The number of rotatable bonds is 6. The average Bonchev–Trinajstić information content (AvgIpc) is 2.95. The van der Waals surface area contributed by atoms with Gasteiger partial charge in [0.05, 0.1) is 12.0 Å². The number of aliphatic carboxylic acids is 1. The molecule has 1 saturated heterocycles. The number of benzene rings is 1. The summed E-state index contributed by atoms with van der Waals surface area (Å²) in [5, 5.41) is 12.1. The molecule has 1 unspecified atom stereocenters. The second-order valence-electron chi connectivity index (χ2n) is 7.05. The highest BCUT2D eigenvalue weighted by molar-refractivity contribution is 5.79. The van der Waals surface area contributed by atoms with Crippen LogP contribution in [-0.2, 0) is 11.3 Å². The molecule has 2 rings (SSSR count). The van der Waals surface area contributed by atoms with E-state index in [0.29, 0.717) is 32.0 Å². The summed E-state index contributed by atoms with van der Waals surface area (Å²) in [6.45, 7) is 7.60. The molecule has 2 amide bonds. The highest BCUT2D eigenvalue weighted by Crippen LogP contribution is 2.30. The third kappa shape index (κ3) is 4.63. The number of carbonyl (C=O) groups excluding carboxylic acids is 1. The summed E-state index contributed by atoms with van der Waals surface area (Å²) in [4.78, 5) is 25.0. The number of ether oxygens (including phenoxy) is 1. The molecule has 2 N–H and O–H groups in total. The smallest absolute Gasteiger partial charge is 0.317 e. The van der Waals surface area contributed by atoms with Gasteiger partial charge in [0.1, 0.15) is 5.75 Å². The number of hydrogen-bond acceptors (Lipinski definition) is 3. The van der Waals surface area contributed by atoms with Crippen LogP contribution in [0, 0.1) is 11.3 Å². The zero-order chi connectivity index (χ0) is 17.7. The number of carboxylic acid groups (broad SMARTS) is 1. The molecule has 0 bridgehead atoms. The fraction of sp³-hybridized carbons (Fsp3) is 0.556. The van der Waals surface area contributed by atoms with Crippen LogP contribution in [0.3, 0.4) is 0 Å². The van der Waals surface area contributed by atoms with Gasteiger partial charge in [0.15, 0.2) is 0 Å². The van der Waals surface area contributed by atoms with Crippen molar-refractivity contribution in [3.63, 3.8) is 0 Å². The van der Waals surface area contributed by atoms with Crippen LogP contribution in [0.4, 0.5) is 4.79 Å². The van der Waals surface area contributed by atoms with E-state index >= 15 is 0 Å². The van der Waals surface area contributed by atoms with Crippen molar-refractivity contribution >= 4 is 12.0 Å². The van der Waals surface area contributed by atoms with Gasteiger partial charge in [0.2, 0.25) is 0 Å². The van der Waals surface area contributed by atoms with Crippen LogP contribution < -0.4 is 10.1 Å². The topological polar surface area (TPSA) is 78.9 Å². The van der Waals surface area contributed by atoms with Gasteiger partial charge in [-0.05, 0) is 37.0 Å². The first-order valence-electron chi connectivity index (χ1n) is 8.28. The van der Waals surface area contributed by atoms with Crippen LogP contribution >= 0.6 is 0 Å². The Balaban J connectivity index is 1.86. The van der Waals surface area contributed by atoms with Crippen molar-refractivity contribution in [1.82, 2.24) is 10.2 Å². The fourth-order valence-corrected chi connectivity index (χ4v) is 2.61. The Bertz CT molecular complexity index is 602. The number of urea groups is 1. The Kier molecular flexibility index (Phi) is 5.70. The summed E-state index contributed by atoms with van der Waals surface area (Å²) < 4.78 is 5.68. The molecule has 1 aliphatic heterocycles.